The second-order valence-corrected chi connectivity index (χ2v) is 4.06. The molecule has 0 amide bonds. The van der Waals surface area contributed by atoms with Crippen LogP contribution in [-0.4, -0.2) is 12.8 Å². The number of halogens is 1. The second-order valence-electron chi connectivity index (χ2n) is 4.06. The zero-order chi connectivity index (χ0) is 13.0. The first-order valence-corrected chi connectivity index (χ1v) is 5.78. The number of benzene rings is 2. The third-order valence-electron chi connectivity index (χ3n) is 2.63. The topological polar surface area (TPSA) is 24.4 Å². The van der Waals surface area contributed by atoms with E-state index in [1.807, 2.05) is 25.1 Å². The summed E-state index contributed by atoms with van der Waals surface area (Å²) in [5, 5.41) is 4.28. The van der Waals surface area contributed by atoms with Crippen LogP contribution in [0.1, 0.15) is 16.7 Å². The van der Waals surface area contributed by atoms with Gasteiger partial charge in [-0.2, -0.15) is 5.10 Å². The summed E-state index contributed by atoms with van der Waals surface area (Å²) in [6.45, 7) is 2.03. The molecule has 0 unspecified atom stereocenters. The SMILES string of the molecule is CN/N=C(/c1ccc(F)cc1)c1cccc(C)c1. The molecule has 92 valence electrons. The summed E-state index contributed by atoms with van der Waals surface area (Å²) in [4.78, 5) is 0. The van der Waals surface area contributed by atoms with Crippen LogP contribution in [0.4, 0.5) is 4.39 Å². The molecule has 0 aliphatic rings. The van der Waals surface area contributed by atoms with Gasteiger partial charge in [0.15, 0.2) is 0 Å². The van der Waals surface area contributed by atoms with Gasteiger partial charge in [-0.15, -0.1) is 0 Å². The lowest BCUT2D eigenvalue weighted by molar-refractivity contribution is 0.628. The van der Waals surface area contributed by atoms with Crippen molar-refractivity contribution in [2.45, 2.75) is 6.92 Å². The Morgan fingerprint density at radius 3 is 2.39 bits per heavy atom. The van der Waals surface area contributed by atoms with Crippen LogP contribution in [0.15, 0.2) is 53.6 Å². The standard InChI is InChI=1S/C15H15FN2/c1-11-4-3-5-13(10-11)15(18-17-2)12-6-8-14(16)9-7-12/h3-10,17H,1-2H3/b18-15-. The Morgan fingerprint density at radius 2 is 1.78 bits per heavy atom. The Morgan fingerprint density at radius 1 is 1.06 bits per heavy atom. The molecule has 0 saturated carbocycles. The highest BCUT2D eigenvalue weighted by atomic mass is 19.1. The summed E-state index contributed by atoms with van der Waals surface area (Å²) in [7, 11) is 1.75. The lowest BCUT2D eigenvalue weighted by Crippen LogP contribution is -2.09. The fourth-order valence-corrected chi connectivity index (χ4v) is 1.81. The third kappa shape index (κ3) is 2.74. The molecule has 0 fully saturated rings. The van der Waals surface area contributed by atoms with Gasteiger partial charge >= 0.3 is 0 Å². The van der Waals surface area contributed by atoms with Crippen molar-refractivity contribution in [2.75, 3.05) is 7.05 Å². The maximum atomic E-state index is 12.9. The predicted molar refractivity (Wildman–Crippen MR) is 72.3 cm³/mol. The Labute approximate surface area is 106 Å². The molecule has 0 saturated heterocycles. The number of rotatable bonds is 3. The molecule has 0 atom stereocenters. The van der Waals surface area contributed by atoms with Gasteiger partial charge in [0.25, 0.3) is 0 Å². The number of nitrogens with zero attached hydrogens (tertiary/aromatic N) is 1. The number of hydrazone groups is 1. The van der Waals surface area contributed by atoms with E-state index >= 15 is 0 Å². The fourth-order valence-electron chi connectivity index (χ4n) is 1.81. The molecule has 2 nitrogen and oxygen atoms in total. The van der Waals surface area contributed by atoms with Gasteiger partial charge in [0.2, 0.25) is 0 Å². The molecule has 0 heterocycles. The van der Waals surface area contributed by atoms with E-state index < -0.39 is 0 Å². The molecule has 0 aliphatic heterocycles. The fraction of sp³-hybridized carbons (Fsp3) is 0.133. The largest absolute Gasteiger partial charge is 0.313 e. The molecule has 0 aromatic heterocycles. The van der Waals surface area contributed by atoms with E-state index in [9.17, 15) is 4.39 Å². The van der Waals surface area contributed by atoms with Gasteiger partial charge in [-0.3, -0.25) is 0 Å². The molecular weight excluding hydrogens is 227 g/mol. The number of aryl methyl sites for hydroxylation is 1. The minimum atomic E-state index is -0.244. The summed E-state index contributed by atoms with van der Waals surface area (Å²) in [5.41, 5.74) is 6.66. The molecule has 0 radical (unpaired) electrons. The molecular formula is C15H15FN2. The minimum Gasteiger partial charge on any atom is -0.313 e. The van der Waals surface area contributed by atoms with Gasteiger partial charge in [-0.25, -0.2) is 4.39 Å². The van der Waals surface area contributed by atoms with Crippen molar-refractivity contribution in [1.29, 1.82) is 0 Å². The molecule has 0 bridgehead atoms. The second kappa shape index (κ2) is 5.45. The van der Waals surface area contributed by atoms with E-state index in [1.54, 1.807) is 19.2 Å². The van der Waals surface area contributed by atoms with Crippen molar-refractivity contribution in [3.63, 3.8) is 0 Å². The first kappa shape index (κ1) is 12.3. The molecule has 2 aromatic carbocycles. The quantitative estimate of drug-likeness (QED) is 0.649. The maximum absolute atomic E-state index is 12.9. The average Bonchev–Trinajstić information content (AvgIpc) is 2.37. The average molecular weight is 242 g/mol. The monoisotopic (exact) mass is 242 g/mol. The maximum Gasteiger partial charge on any atom is 0.123 e. The third-order valence-corrected chi connectivity index (χ3v) is 2.63. The lowest BCUT2D eigenvalue weighted by atomic mass is 10.0. The molecule has 3 heteroatoms. The molecule has 18 heavy (non-hydrogen) atoms. The Kier molecular flexibility index (Phi) is 3.72. The Hall–Kier alpha value is -2.16. The van der Waals surface area contributed by atoms with Crippen molar-refractivity contribution in [1.82, 2.24) is 5.43 Å². The van der Waals surface area contributed by atoms with Crippen molar-refractivity contribution < 1.29 is 4.39 Å². The van der Waals surface area contributed by atoms with E-state index in [4.69, 9.17) is 0 Å². The van der Waals surface area contributed by atoms with E-state index in [2.05, 4.69) is 16.6 Å². The van der Waals surface area contributed by atoms with E-state index in [0.29, 0.717) is 0 Å². The van der Waals surface area contributed by atoms with Gasteiger partial charge < -0.3 is 5.43 Å². The zero-order valence-corrected chi connectivity index (χ0v) is 10.4. The molecule has 1 N–H and O–H groups in total. The lowest BCUT2D eigenvalue weighted by Gasteiger charge is -2.08. The number of hydrogen-bond acceptors (Lipinski definition) is 2. The van der Waals surface area contributed by atoms with E-state index in [-0.39, 0.29) is 5.82 Å². The Bertz CT molecular complexity index is 559. The van der Waals surface area contributed by atoms with Crippen LogP contribution >= 0.6 is 0 Å². The normalized spacial score (nSPS) is 11.4. The number of hydrogen-bond donors (Lipinski definition) is 1. The summed E-state index contributed by atoms with van der Waals surface area (Å²) in [6.07, 6.45) is 0. The van der Waals surface area contributed by atoms with Gasteiger partial charge in [0.1, 0.15) is 5.82 Å². The first-order valence-electron chi connectivity index (χ1n) is 5.78. The van der Waals surface area contributed by atoms with Gasteiger partial charge in [-0.1, -0.05) is 23.8 Å². The predicted octanol–water partition coefficient (Wildman–Crippen LogP) is 3.11. The van der Waals surface area contributed by atoms with Crippen molar-refractivity contribution in [2.24, 2.45) is 5.10 Å². The van der Waals surface area contributed by atoms with Crippen molar-refractivity contribution in [3.8, 4) is 0 Å². The van der Waals surface area contributed by atoms with Crippen molar-refractivity contribution in [3.05, 3.63) is 71.0 Å². The van der Waals surface area contributed by atoms with Crippen LogP contribution < -0.4 is 5.43 Å². The van der Waals surface area contributed by atoms with Crippen LogP contribution in [-0.2, 0) is 0 Å². The van der Waals surface area contributed by atoms with Crippen molar-refractivity contribution >= 4 is 5.71 Å². The van der Waals surface area contributed by atoms with Gasteiger partial charge in [0.05, 0.1) is 5.71 Å². The van der Waals surface area contributed by atoms with Crippen LogP contribution in [0.3, 0.4) is 0 Å². The van der Waals surface area contributed by atoms with Gasteiger partial charge in [0, 0.05) is 18.2 Å². The molecule has 0 aliphatic carbocycles. The summed E-state index contributed by atoms with van der Waals surface area (Å²) < 4.78 is 12.9. The molecule has 2 rings (SSSR count). The highest BCUT2D eigenvalue weighted by Gasteiger charge is 2.07. The van der Waals surface area contributed by atoms with Crippen LogP contribution in [0, 0.1) is 12.7 Å². The molecule has 2 aromatic rings. The highest BCUT2D eigenvalue weighted by molar-refractivity contribution is 6.12. The molecule has 0 spiro atoms. The smallest absolute Gasteiger partial charge is 0.123 e. The Balaban J connectivity index is 2.47. The first-order chi connectivity index (χ1) is 8.70. The summed E-state index contributed by atoms with van der Waals surface area (Å²) >= 11 is 0. The minimum absolute atomic E-state index is 0.244. The summed E-state index contributed by atoms with van der Waals surface area (Å²) in [5.74, 6) is -0.244. The highest BCUT2D eigenvalue weighted by Crippen LogP contribution is 2.13. The van der Waals surface area contributed by atoms with Crippen LogP contribution in [0.5, 0.6) is 0 Å². The zero-order valence-electron chi connectivity index (χ0n) is 10.4. The summed E-state index contributed by atoms with van der Waals surface area (Å²) in [6, 6.07) is 14.4. The van der Waals surface area contributed by atoms with E-state index in [1.165, 1.54) is 17.7 Å². The van der Waals surface area contributed by atoms with Crippen LogP contribution in [0.2, 0.25) is 0 Å². The van der Waals surface area contributed by atoms with E-state index in [0.717, 1.165) is 16.8 Å². The van der Waals surface area contributed by atoms with Crippen LogP contribution in [0.25, 0.3) is 0 Å². The van der Waals surface area contributed by atoms with Gasteiger partial charge in [-0.05, 0) is 37.3 Å². The number of nitrogens with one attached hydrogen (secondary N) is 1.